The van der Waals surface area contributed by atoms with Crippen LogP contribution >= 0.6 is 11.6 Å². The maximum atomic E-state index is 12.1. The second kappa shape index (κ2) is 6.77. The summed E-state index contributed by atoms with van der Waals surface area (Å²) in [5.41, 5.74) is 4.22. The van der Waals surface area contributed by atoms with Gasteiger partial charge in [-0.25, -0.2) is 0 Å². The number of Topliss-reactive ketones (excluding diaryl/α,β-unsaturated/α-hetero) is 1. The van der Waals surface area contributed by atoms with E-state index >= 15 is 0 Å². The van der Waals surface area contributed by atoms with Crippen LogP contribution in [0.15, 0.2) is 42.5 Å². The highest BCUT2D eigenvalue weighted by Gasteiger charge is 2.07. The van der Waals surface area contributed by atoms with E-state index in [0.717, 1.165) is 5.69 Å². The monoisotopic (exact) mass is 301 g/mol. The Morgan fingerprint density at radius 3 is 2.38 bits per heavy atom. The van der Waals surface area contributed by atoms with E-state index in [-0.39, 0.29) is 12.3 Å². The Balaban J connectivity index is 2.01. The van der Waals surface area contributed by atoms with Crippen molar-refractivity contribution in [2.45, 2.75) is 26.7 Å². The molecule has 1 N–H and O–H groups in total. The number of carbonyl (C=O) groups is 1. The predicted molar refractivity (Wildman–Crippen MR) is 89.5 cm³/mol. The molecule has 0 fully saturated rings. The van der Waals surface area contributed by atoms with Crippen LogP contribution < -0.4 is 5.32 Å². The Labute approximate surface area is 131 Å². The van der Waals surface area contributed by atoms with Gasteiger partial charge in [-0.1, -0.05) is 31.5 Å². The lowest BCUT2D eigenvalue weighted by molar-refractivity contribution is 0.101. The first-order valence-corrected chi connectivity index (χ1v) is 7.48. The first kappa shape index (κ1) is 15.6. The second-order valence-corrected chi connectivity index (χ2v) is 5.95. The van der Waals surface area contributed by atoms with Gasteiger partial charge in [0.05, 0.1) is 6.54 Å². The molecule has 0 amide bonds. The summed E-state index contributed by atoms with van der Waals surface area (Å²) in [6.07, 6.45) is 0. The number of carbonyl (C=O) groups excluding carboxylic acids is 1. The number of hydrogen-bond acceptors (Lipinski definition) is 2. The van der Waals surface area contributed by atoms with Crippen LogP contribution in [0.3, 0.4) is 0 Å². The molecule has 0 aliphatic heterocycles. The number of ketones is 1. The average molecular weight is 302 g/mol. The van der Waals surface area contributed by atoms with Crippen LogP contribution in [0.1, 0.15) is 41.3 Å². The number of benzene rings is 2. The van der Waals surface area contributed by atoms with Crippen molar-refractivity contribution in [1.82, 2.24) is 0 Å². The molecule has 0 saturated carbocycles. The maximum absolute atomic E-state index is 12.1. The van der Waals surface area contributed by atoms with Gasteiger partial charge in [-0.05, 0) is 60.4 Å². The van der Waals surface area contributed by atoms with Crippen LogP contribution in [-0.4, -0.2) is 12.3 Å². The molecular weight excluding hydrogens is 282 g/mol. The van der Waals surface area contributed by atoms with Crippen LogP contribution in [0.4, 0.5) is 5.69 Å². The van der Waals surface area contributed by atoms with Crippen molar-refractivity contribution in [2.75, 3.05) is 11.9 Å². The minimum atomic E-state index is 0.0530. The number of anilines is 1. The normalized spacial score (nSPS) is 10.7. The van der Waals surface area contributed by atoms with E-state index in [2.05, 4.69) is 38.2 Å². The average Bonchev–Trinajstić information content (AvgIpc) is 2.45. The van der Waals surface area contributed by atoms with E-state index in [1.54, 1.807) is 24.3 Å². The van der Waals surface area contributed by atoms with E-state index in [4.69, 9.17) is 11.6 Å². The largest absolute Gasteiger partial charge is 0.378 e. The Morgan fingerprint density at radius 1 is 1.14 bits per heavy atom. The zero-order chi connectivity index (χ0) is 15.4. The molecule has 0 radical (unpaired) electrons. The molecule has 0 unspecified atom stereocenters. The van der Waals surface area contributed by atoms with Gasteiger partial charge in [-0.3, -0.25) is 4.79 Å². The fourth-order valence-corrected chi connectivity index (χ4v) is 2.48. The van der Waals surface area contributed by atoms with Crippen molar-refractivity contribution in [3.05, 3.63) is 64.2 Å². The molecule has 0 atom stereocenters. The van der Waals surface area contributed by atoms with Crippen molar-refractivity contribution < 1.29 is 4.79 Å². The zero-order valence-corrected chi connectivity index (χ0v) is 13.4. The van der Waals surface area contributed by atoms with Gasteiger partial charge in [0.2, 0.25) is 0 Å². The van der Waals surface area contributed by atoms with Gasteiger partial charge in [0.1, 0.15) is 0 Å². The van der Waals surface area contributed by atoms with Crippen molar-refractivity contribution in [3.8, 4) is 0 Å². The van der Waals surface area contributed by atoms with Crippen LogP contribution in [0.25, 0.3) is 0 Å². The molecule has 2 aromatic carbocycles. The Morgan fingerprint density at radius 2 is 1.81 bits per heavy atom. The Kier molecular flexibility index (Phi) is 5.03. The lowest BCUT2D eigenvalue weighted by atomic mass is 9.97. The van der Waals surface area contributed by atoms with Gasteiger partial charge in [0.25, 0.3) is 0 Å². The number of aryl methyl sites for hydroxylation is 1. The summed E-state index contributed by atoms with van der Waals surface area (Å²) in [5, 5.41) is 3.82. The summed E-state index contributed by atoms with van der Waals surface area (Å²) in [5.74, 6) is 0.562. The molecule has 0 saturated heterocycles. The van der Waals surface area contributed by atoms with Gasteiger partial charge in [0.15, 0.2) is 5.78 Å². The molecule has 0 aromatic heterocycles. The van der Waals surface area contributed by atoms with E-state index in [9.17, 15) is 4.79 Å². The van der Waals surface area contributed by atoms with E-state index < -0.39 is 0 Å². The molecule has 0 heterocycles. The van der Waals surface area contributed by atoms with Crippen LogP contribution in [0, 0.1) is 6.92 Å². The van der Waals surface area contributed by atoms with Crippen molar-refractivity contribution in [2.24, 2.45) is 0 Å². The minimum absolute atomic E-state index is 0.0530. The topological polar surface area (TPSA) is 29.1 Å². The van der Waals surface area contributed by atoms with Gasteiger partial charge >= 0.3 is 0 Å². The molecule has 0 aliphatic carbocycles. The predicted octanol–water partition coefficient (Wildman–Crippen LogP) is 5.07. The van der Waals surface area contributed by atoms with Gasteiger partial charge in [0, 0.05) is 16.3 Å². The molecule has 2 rings (SSSR count). The number of hydrogen-bond donors (Lipinski definition) is 1. The summed E-state index contributed by atoms with van der Waals surface area (Å²) in [4.78, 5) is 12.1. The number of rotatable bonds is 5. The van der Waals surface area contributed by atoms with Gasteiger partial charge in [-0.2, -0.15) is 0 Å². The quantitative estimate of drug-likeness (QED) is 0.781. The summed E-state index contributed by atoms with van der Waals surface area (Å²) in [7, 11) is 0. The smallest absolute Gasteiger partial charge is 0.181 e. The standard InChI is InChI=1S/C18H20ClNO/c1-12(2)17-9-8-16(10-13(17)3)20-11-18(21)14-4-6-15(19)7-5-14/h4-10,12,20H,11H2,1-3H3. The van der Waals surface area contributed by atoms with Crippen molar-refractivity contribution in [3.63, 3.8) is 0 Å². The zero-order valence-electron chi connectivity index (χ0n) is 12.6. The molecule has 21 heavy (non-hydrogen) atoms. The van der Waals surface area contributed by atoms with E-state index in [1.807, 2.05) is 6.07 Å². The molecule has 110 valence electrons. The van der Waals surface area contributed by atoms with E-state index in [0.29, 0.717) is 16.5 Å². The van der Waals surface area contributed by atoms with Crippen LogP contribution in [-0.2, 0) is 0 Å². The lowest BCUT2D eigenvalue weighted by Gasteiger charge is -2.12. The summed E-state index contributed by atoms with van der Waals surface area (Å²) < 4.78 is 0. The molecule has 0 bridgehead atoms. The molecular formula is C18H20ClNO. The minimum Gasteiger partial charge on any atom is -0.378 e. The summed E-state index contributed by atoms with van der Waals surface area (Å²) in [6, 6.07) is 13.2. The summed E-state index contributed by atoms with van der Waals surface area (Å²) in [6.45, 7) is 6.74. The van der Waals surface area contributed by atoms with Gasteiger partial charge < -0.3 is 5.32 Å². The van der Waals surface area contributed by atoms with E-state index in [1.165, 1.54) is 11.1 Å². The third-order valence-electron chi connectivity index (χ3n) is 3.51. The van der Waals surface area contributed by atoms with Crippen LogP contribution in [0.2, 0.25) is 5.02 Å². The fraction of sp³-hybridized carbons (Fsp3) is 0.278. The molecule has 2 aromatic rings. The van der Waals surface area contributed by atoms with Gasteiger partial charge in [-0.15, -0.1) is 0 Å². The molecule has 0 aliphatic rings. The highest BCUT2D eigenvalue weighted by atomic mass is 35.5. The number of nitrogens with one attached hydrogen (secondary N) is 1. The van der Waals surface area contributed by atoms with Crippen molar-refractivity contribution >= 4 is 23.1 Å². The third kappa shape index (κ3) is 4.08. The Hall–Kier alpha value is -1.80. The van der Waals surface area contributed by atoms with Crippen molar-refractivity contribution in [1.29, 1.82) is 0 Å². The molecule has 3 heteroatoms. The molecule has 0 spiro atoms. The maximum Gasteiger partial charge on any atom is 0.181 e. The highest BCUT2D eigenvalue weighted by Crippen LogP contribution is 2.22. The second-order valence-electron chi connectivity index (χ2n) is 5.51. The number of halogens is 1. The third-order valence-corrected chi connectivity index (χ3v) is 3.76. The first-order chi connectivity index (χ1) is 9.97. The highest BCUT2D eigenvalue weighted by molar-refractivity contribution is 6.30. The molecule has 2 nitrogen and oxygen atoms in total. The Bertz CT molecular complexity index is 632. The fourth-order valence-electron chi connectivity index (χ4n) is 2.35. The SMILES string of the molecule is Cc1cc(NCC(=O)c2ccc(Cl)cc2)ccc1C(C)C. The lowest BCUT2D eigenvalue weighted by Crippen LogP contribution is -2.14. The first-order valence-electron chi connectivity index (χ1n) is 7.10. The summed E-state index contributed by atoms with van der Waals surface area (Å²) >= 11 is 5.82. The van der Waals surface area contributed by atoms with Crippen LogP contribution in [0.5, 0.6) is 0 Å².